The molecule has 1 fully saturated rings. The predicted octanol–water partition coefficient (Wildman–Crippen LogP) is 1.78. The molecular weight excluding hydrogens is 274 g/mol. The number of ether oxygens (including phenoxy) is 1. The maximum Gasteiger partial charge on any atom is 0.305 e. The number of methoxy groups -OCH3 is 1. The fourth-order valence-electron chi connectivity index (χ4n) is 2.32. The SMILES string of the molecule is COC(=O)CCc1csc(N2CCN(C(C)C)CC2)n1. The molecular formula is C14H23N3O2S. The topological polar surface area (TPSA) is 45.7 Å². The zero-order valence-corrected chi connectivity index (χ0v) is 13.3. The van der Waals surface area contributed by atoms with Gasteiger partial charge in [0.15, 0.2) is 5.13 Å². The molecule has 5 nitrogen and oxygen atoms in total. The largest absolute Gasteiger partial charge is 0.469 e. The third kappa shape index (κ3) is 3.93. The fraction of sp³-hybridized carbons (Fsp3) is 0.714. The van der Waals surface area contributed by atoms with Crippen LogP contribution in [0.5, 0.6) is 0 Å². The van der Waals surface area contributed by atoms with Crippen LogP contribution in [-0.4, -0.2) is 55.2 Å². The maximum atomic E-state index is 11.1. The third-order valence-corrected chi connectivity index (χ3v) is 4.62. The Kier molecular flexibility index (Phi) is 5.37. The zero-order valence-electron chi connectivity index (χ0n) is 12.5. The number of aromatic nitrogens is 1. The number of piperazine rings is 1. The van der Waals surface area contributed by atoms with E-state index in [2.05, 4.69) is 33.4 Å². The number of hydrogen-bond acceptors (Lipinski definition) is 6. The van der Waals surface area contributed by atoms with Gasteiger partial charge in [0, 0.05) is 44.0 Å². The Morgan fingerprint density at radius 2 is 2.10 bits per heavy atom. The van der Waals surface area contributed by atoms with Gasteiger partial charge in [0.05, 0.1) is 19.2 Å². The number of carbonyl (C=O) groups is 1. The van der Waals surface area contributed by atoms with E-state index in [1.165, 1.54) is 7.11 Å². The van der Waals surface area contributed by atoms with E-state index in [9.17, 15) is 4.79 Å². The molecule has 0 radical (unpaired) electrons. The van der Waals surface area contributed by atoms with Crippen molar-refractivity contribution >= 4 is 22.4 Å². The van der Waals surface area contributed by atoms with E-state index in [1.807, 2.05) is 5.38 Å². The summed E-state index contributed by atoms with van der Waals surface area (Å²) in [6.45, 7) is 8.72. The highest BCUT2D eigenvalue weighted by atomic mass is 32.1. The summed E-state index contributed by atoms with van der Waals surface area (Å²) in [5.41, 5.74) is 0.988. The number of carbonyl (C=O) groups excluding carboxylic acids is 1. The van der Waals surface area contributed by atoms with Crippen LogP contribution in [-0.2, 0) is 16.0 Å². The number of aryl methyl sites for hydroxylation is 1. The monoisotopic (exact) mass is 297 g/mol. The van der Waals surface area contributed by atoms with E-state index in [-0.39, 0.29) is 5.97 Å². The first-order valence-corrected chi connectivity index (χ1v) is 7.98. The molecule has 112 valence electrons. The first-order valence-electron chi connectivity index (χ1n) is 7.10. The third-order valence-electron chi connectivity index (χ3n) is 3.67. The van der Waals surface area contributed by atoms with E-state index in [0.717, 1.165) is 37.0 Å². The van der Waals surface area contributed by atoms with Gasteiger partial charge in [0.25, 0.3) is 0 Å². The van der Waals surface area contributed by atoms with Gasteiger partial charge in [0.1, 0.15) is 0 Å². The number of anilines is 1. The van der Waals surface area contributed by atoms with Crippen LogP contribution in [0, 0.1) is 0 Å². The standard InChI is InChI=1S/C14H23N3O2S/c1-11(2)16-6-8-17(9-7-16)14-15-12(10-20-14)4-5-13(18)19-3/h10-11H,4-9H2,1-3H3. The Hall–Kier alpha value is -1.14. The van der Waals surface area contributed by atoms with Gasteiger partial charge in [-0.25, -0.2) is 4.98 Å². The van der Waals surface area contributed by atoms with Crippen molar-refractivity contribution in [3.63, 3.8) is 0 Å². The first-order chi connectivity index (χ1) is 9.60. The Balaban J connectivity index is 1.85. The highest BCUT2D eigenvalue weighted by molar-refractivity contribution is 7.13. The molecule has 1 saturated heterocycles. The van der Waals surface area contributed by atoms with Gasteiger partial charge in [-0.15, -0.1) is 11.3 Å². The molecule has 0 bridgehead atoms. The normalized spacial score (nSPS) is 16.7. The van der Waals surface area contributed by atoms with Crippen LogP contribution < -0.4 is 4.90 Å². The summed E-state index contributed by atoms with van der Waals surface area (Å²) in [5.74, 6) is -0.176. The summed E-state index contributed by atoms with van der Waals surface area (Å²) in [6.07, 6.45) is 1.07. The Labute approximate surface area is 124 Å². The number of hydrogen-bond donors (Lipinski definition) is 0. The van der Waals surface area contributed by atoms with Gasteiger partial charge in [0.2, 0.25) is 0 Å². The van der Waals surface area contributed by atoms with Crippen molar-refractivity contribution in [2.45, 2.75) is 32.7 Å². The number of esters is 1. The van der Waals surface area contributed by atoms with Crippen molar-refractivity contribution in [3.8, 4) is 0 Å². The molecule has 0 amide bonds. The lowest BCUT2D eigenvalue weighted by Crippen LogP contribution is -2.48. The van der Waals surface area contributed by atoms with E-state index in [4.69, 9.17) is 0 Å². The van der Waals surface area contributed by atoms with Crippen molar-refractivity contribution in [1.82, 2.24) is 9.88 Å². The van der Waals surface area contributed by atoms with Gasteiger partial charge < -0.3 is 9.64 Å². The van der Waals surface area contributed by atoms with Crippen molar-refractivity contribution < 1.29 is 9.53 Å². The zero-order chi connectivity index (χ0) is 14.5. The summed E-state index contributed by atoms with van der Waals surface area (Å²) in [4.78, 5) is 20.6. The molecule has 0 aliphatic carbocycles. The van der Waals surface area contributed by atoms with Crippen LogP contribution in [0.1, 0.15) is 26.0 Å². The number of nitrogens with zero attached hydrogens (tertiary/aromatic N) is 3. The lowest BCUT2D eigenvalue weighted by molar-refractivity contribution is -0.140. The molecule has 1 aromatic rings. The van der Waals surface area contributed by atoms with E-state index < -0.39 is 0 Å². The van der Waals surface area contributed by atoms with Crippen LogP contribution in [0.15, 0.2) is 5.38 Å². The maximum absolute atomic E-state index is 11.1. The molecule has 1 aliphatic rings. The highest BCUT2D eigenvalue weighted by Gasteiger charge is 2.20. The molecule has 2 rings (SSSR count). The minimum Gasteiger partial charge on any atom is -0.469 e. The lowest BCUT2D eigenvalue weighted by Gasteiger charge is -2.36. The van der Waals surface area contributed by atoms with E-state index >= 15 is 0 Å². The second-order valence-electron chi connectivity index (χ2n) is 5.31. The molecule has 1 aliphatic heterocycles. The quantitative estimate of drug-likeness (QED) is 0.775. The molecule has 0 unspecified atom stereocenters. The smallest absolute Gasteiger partial charge is 0.305 e. The average molecular weight is 297 g/mol. The molecule has 0 aromatic carbocycles. The summed E-state index contributed by atoms with van der Waals surface area (Å²) >= 11 is 1.67. The molecule has 0 spiro atoms. The van der Waals surface area contributed by atoms with Crippen molar-refractivity contribution in [3.05, 3.63) is 11.1 Å². The molecule has 6 heteroatoms. The van der Waals surface area contributed by atoms with Gasteiger partial charge in [-0.05, 0) is 13.8 Å². The van der Waals surface area contributed by atoms with Crippen LogP contribution in [0.4, 0.5) is 5.13 Å². The fourth-order valence-corrected chi connectivity index (χ4v) is 3.23. The Morgan fingerprint density at radius 1 is 1.40 bits per heavy atom. The summed E-state index contributed by atoms with van der Waals surface area (Å²) in [7, 11) is 1.42. The van der Waals surface area contributed by atoms with Crippen molar-refractivity contribution in [1.29, 1.82) is 0 Å². The molecule has 20 heavy (non-hydrogen) atoms. The second kappa shape index (κ2) is 7.04. The van der Waals surface area contributed by atoms with Gasteiger partial charge in [-0.2, -0.15) is 0 Å². The van der Waals surface area contributed by atoms with Crippen LogP contribution >= 0.6 is 11.3 Å². The van der Waals surface area contributed by atoms with Gasteiger partial charge in [-0.1, -0.05) is 0 Å². The van der Waals surface area contributed by atoms with Crippen LogP contribution in [0.2, 0.25) is 0 Å². The van der Waals surface area contributed by atoms with Crippen molar-refractivity contribution in [2.75, 3.05) is 38.2 Å². The highest BCUT2D eigenvalue weighted by Crippen LogP contribution is 2.23. The van der Waals surface area contributed by atoms with Gasteiger partial charge in [-0.3, -0.25) is 9.69 Å². The van der Waals surface area contributed by atoms with Crippen LogP contribution in [0.25, 0.3) is 0 Å². The average Bonchev–Trinajstić information content (AvgIpc) is 2.93. The molecule has 1 aromatic heterocycles. The first kappa shape index (κ1) is 15.3. The number of rotatable bonds is 5. The van der Waals surface area contributed by atoms with Crippen LogP contribution in [0.3, 0.4) is 0 Å². The summed E-state index contributed by atoms with van der Waals surface area (Å²) in [6, 6.07) is 0.615. The number of thiazole rings is 1. The van der Waals surface area contributed by atoms with E-state index in [0.29, 0.717) is 18.9 Å². The summed E-state index contributed by atoms with van der Waals surface area (Å²) in [5, 5.41) is 3.13. The molecule has 2 heterocycles. The van der Waals surface area contributed by atoms with Gasteiger partial charge >= 0.3 is 5.97 Å². The second-order valence-corrected chi connectivity index (χ2v) is 6.15. The Morgan fingerprint density at radius 3 is 2.70 bits per heavy atom. The van der Waals surface area contributed by atoms with Crippen molar-refractivity contribution in [2.24, 2.45) is 0 Å². The molecule has 0 atom stereocenters. The predicted molar refractivity (Wildman–Crippen MR) is 81.4 cm³/mol. The summed E-state index contributed by atoms with van der Waals surface area (Å²) < 4.78 is 4.65. The molecule has 0 N–H and O–H groups in total. The lowest BCUT2D eigenvalue weighted by atomic mass is 10.2. The van der Waals surface area contributed by atoms with E-state index in [1.54, 1.807) is 11.3 Å². The minimum absolute atomic E-state index is 0.176. The minimum atomic E-state index is -0.176. The molecule has 0 saturated carbocycles. The Bertz CT molecular complexity index is 439.